The van der Waals surface area contributed by atoms with Crippen molar-refractivity contribution in [3.8, 4) is 0 Å². The highest BCUT2D eigenvalue weighted by molar-refractivity contribution is 6.34. The molecule has 4 heteroatoms. The maximum absolute atomic E-state index is 6.43. The van der Waals surface area contributed by atoms with Crippen LogP contribution in [-0.4, -0.2) is 18.0 Å². The second-order valence-electron chi connectivity index (χ2n) is 6.88. The molecule has 2 fully saturated rings. The molecule has 1 aromatic carbocycles. The van der Waals surface area contributed by atoms with Gasteiger partial charge in [-0.1, -0.05) is 36.6 Å². The number of rotatable bonds is 2. The summed E-state index contributed by atoms with van der Waals surface area (Å²) in [7, 11) is 0. The Kier molecular flexibility index (Phi) is 3.14. The van der Waals surface area contributed by atoms with Crippen LogP contribution in [0.25, 0.3) is 0 Å². The molecule has 1 heterocycles. The molecule has 112 valence electrons. The molecule has 0 aromatic heterocycles. The van der Waals surface area contributed by atoms with E-state index in [2.05, 4.69) is 16.0 Å². The zero-order chi connectivity index (χ0) is 14.4. The third kappa shape index (κ3) is 2.22. The second kappa shape index (κ2) is 4.91. The van der Waals surface area contributed by atoms with E-state index in [4.69, 9.17) is 17.3 Å². The normalized spacial score (nSPS) is 32.5. The summed E-state index contributed by atoms with van der Waals surface area (Å²) in [6, 6.07) is 8.01. The highest BCUT2D eigenvalue weighted by Crippen LogP contribution is 2.50. The number of benzene rings is 1. The van der Waals surface area contributed by atoms with E-state index in [0.29, 0.717) is 5.96 Å². The van der Waals surface area contributed by atoms with Crippen LogP contribution in [0.4, 0.5) is 5.69 Å². The van der Waals surface area contributed by atoms with Crippen molar-refractivity contribution >= 4 is 23.2 Å². The predicted molar refractivity (Wildman–Crippen MR) is 87.8 cm³/mol. The number of nitrogens with zero attached hydrogens (tertiary/aromatic N) is 2. The number of halogens is 1. The van der Waals surface area contributed by atoms with Crippen LogP contribution >= 0.6 is 11.6 Å². The van der Waals surface area contributed by atoms with Gasteiger partial charge in [-0.15, -0.1) is 0 Å². The van der Waals surface area contributed by atoms with Gasteiger partial charge in [0, 0.05) is 0 Å². The van der Waals surface area contributed by atoms with E-state index in [1.165, 1.54) is 38.5 Å². The summed E-state index contributed by atoms with van der Waals surface area (Å²) >= 11 is 6.43. The lowest BCUT2D eigenvalue weighted by molar-refractivity contribution is 0.219. The zero-order valence-electron chi connectivity index (χ0n) is 12.3. The van der Waals surface area contributed by atoms with Crippen LogP contribution in [0.1, 0.15) is 38.5 Å². The number of aliphatic imine (C=N–C) groups is 1. The fraction of sp³-hybridized carbons (Fsp3) is 0.588. The van der Waals surface area contributed by atoms with Crippen molar-refractivity contribution in [3.63, 3.8) is 0 Å². The molecule has 1 aromatic rings. The molecule has 21 heavy (non-hydrogen) atoms. The first-order valence-corrected chi connectivity index (χ1v) is 8.42. The van der Waals surface area contributed by atoms with Crippen molar-refractivity contribution in [2.24, 2.45) is 22.6 Å². The van der Waals surface area contributed by atoms with Gasteiger partial charge in [0.25, 0.3) is 0 Å². The SMILES string of the molecule is NC1=NCC2(CCCC(C3CC3)C2)N1c1ccccc1Cl. The van der Waals surface area contributed by atoms with E-state index in [9.17, 15) is 0 Å². The first-order chi connectivity index (χ1) is 10.2. The third-order valence-corrected chi connectivity index (χ3v) is 5.80. The molecule has 2 saturated carbocycles. The van der Waals surface area contributed by atoms with E-state index in [1.807, 2.05) is 18.2 Å². The first-order valence-electron chi connectivity index (χ1n) is 8.04. The number of hydrogen-bond donors (Lipinski definition) is 1. The minimum Gasteiger partial charge on any atom is -0.369 e. The van der Waals surface area contributed by atoms with Gasteiger partial charge in [-0.25, -0.2) is 0 Å². The molecule has 3 nitrogen and oxygen atoms in total. The molecule has 0 amide bonds. The molecule has 0 saturated heterocycles. The van der Waals surface area contributed by atoms with E-state index >= 15 is 0 Å². The lowest BCUT2D eigenvalue weighted by Crippen LogP contribution is -2.54. The molecule has 2 N–H and O–H groups in total. The van der Waals surface area contributed by atoms with Crippen molar-refractivity contribution in [2.45, 2.75) is 44.1 Å². The molecule has 3 aliphatic rings. The maximum Gasteiger partial charge on any atom is 0.196 e. The summed E-state index contributed by atoms with van der Waals surface area (Å²) in [5.41, 5.74) is 7.33. The topological polar surface area (TPSA) is 41.6 Å². The number of para-hydroxylation sites is 1. The summed E-state index contributed by atoms with van der Waals surface area (Å²) in [6.45, 7) is 0.827. The van der Waals surface area contributed by atoms with Crippen molar-refractivity contribution in [1.82, 2.24) is 0 Å². The van der Waals surface area contributed by atoms with Crippen molar-refractivity contribution in [3.05, 3.63) is 29.3 Å². The van der Waals surface area contributed by atoms with Gasteiger partial charge in [0.1, 0.15) is 0 Å². The summed E-state index contributed by atoms with van der Waals surface area (Å²) in [4.78, 5) is 6.83. The van der Waals surface area contributed by atoms with Crippen molar-refractivity contribution in [1.29, 1.82) is 0 Å². The Morgan fingerprint density at radius 2 is 2.00 bits per heavy atom. The number of nitrogens with two attached hydrogens (primary N) is 1. The second-order valence-corrected chi connectivity index (χ2v) is 7.29. The van der Waals surface area contributed by atoms with Crippen LogP contribution in [0, 0.1) is 11.8 Å². The summed E-state index contributed by atoms with van der Waals surface area (Å²) in [6.07, 6.45) is 7.89. The van der Waals surface area contributed by atoms with Gasteiger partial charge in [-0.2, -0.15) is 0 Å². The van der Waals surface area contributed by atoms with Gasteiger partial charge >= 0.3 is 0 Å². The van der Waals surface area contributed by atoms with Crippen LogP contribution in [0.3, 0.4) is 0 Å². The maximum atomic E-state index is 6.43. The number of guanidine groups is 1. The monoisotopic (exact) mass is 303 g/mol. The van der Waals surface area contributed by atoms with E-state index < -0.39 is 0 Å². The van der Waals surface area contributed by atoms with Gasteiger partial charge in [0.15, 0.2) is 5.96 Å². The molecule has 1 spiro atoms. The Bertz CT molecular complexity index is 581. The largest absolute Gasteiger partial charge is 0.369 e. The average molecular weight is 304 g/mol. The number of anilines is 1. The third-order valence-electron chi connectivity index (χ3n) is 5.48. The summed E-state index contributed by atoms with van der Waals surface area (Å²) < 4.78 is 0. The standard InChI is InChI=1S/C17H22ClN3/c18-14-5-1-2-6-15(14)21-16(19)20-11-17(21)9-3-4-13(10-17)12-7-8-12/h1-2,5-6,12-13H,3-4,7-11H2,(H2,19,20). The fourth-order valence-electron chi connectivity index (χ4n) is 4.33. The van der Waals surface area contributed by atoms with Crippen LogP contribution in [0.15, 0.2) is 29.3 Å². The molecule has 1 aliphatic heterocycles. The highest BCUT2D eigenvalue weighted by atomic mass is 35.5. The molecular formula is C17H22ClN3. The summed E-state index contributed by atoms with van der Waals surface area (Å²) in [5, 5.41) is 0.769. The lowest BCUT2D eigenvalue weighted by Gasteiger charge is -2.45. The smallest absolute Gasteiger partial charge is 0.196 e. The molecule has 2 atom stereocenters. The molecule has 0 bridgehead atoms. The Labute approximate surface area is 131 Å². The van der Waals surface area contributed by atoms with Gasteiger partial charge in [-0.3, -0.25) is 4.99 Å². The Morgan fingerprint density at radius 3 is 2.76 bits per heavy atom. The van der Waals surface area contributed by atoms with Crippen LogP contribution in [0.2, 0.25) is 5.02 Å². The van der Waals surface area contributed by atoms with Gasteiger partial charge < -0.3 is 10.6 Å². The Balaban J connectivity index is 1.69. The van der Waals surface area contributed by atoms with E-state index in [-0.39, 0.29) is 5.54 Å². The Morgan fingerprint density at radius 1 is 1.19 bits per heavy atom. The van der Waals surface area contributed by atoms with Crippen LogP contribution in [-0.2, 0) is 0 Å². The van der Waals surface area contributed by atoms with Gasteiger partial charge in [0.05, 0.1) is 22.8 Å². The van der Waals surface area contributed by atoms with Crippen LogP contribution in [0.5, 0.6) is 0 Å². The predicted octanol–water partition coefficient (Wildman–Crippen LogP) is 3.81. The Hall–Kier alpha value is -1.22. The first kappa shape index (κ1) is 13.4. The highest BCUT2D eigenvalue weighted by Gasteiger charge is 2.49. The quantitative estimate of drug-likeness (QED) is 0.902. The van der Waals surface area contributed by atoms with Gasteiger partial charge in [-0.05, 0) is 49.7 Å². The molecule has 2 aliphatic carbocycles. The van der Waals surface area contributed by atoms with E-state index in [0.717, 1.165) is 29.1 Å². The van der Waals surface area contributed by atoms with Gasteiger partial charge in [0.2, 0.25) is 0 Å². The van der Waals surface area contributed by atoms with Crippen LogP contribution < -0.4 is 10.6 Å². The average Bonchev–Trinajstić information content (AvgIpc) is 3.29. The molecule has 2 unspecified atom stereocenters. The zero-order valence-corrected chi connectivity index (χ0v) is 13.0. The number of hydrogen-bond acceptors (Lipinski definition) is 3. The van der Waals surface area contributed by atoms with E-state index in [1.54, 1.807) is 0 Å². The summed E-state index contributed by atoms with van der Waals surface area (Å²) in [5.74, 6) is 2.45. The van der Waals surface area contributed by atoms with Crippen molar-refractivity contribution < 1.29 is 0 Å². The van der Waals surface area contributed by atoms with Crippen molar-refractivity contribution in [2.75, 3.05) is 11.4 Å². The minimum atomic E-state index is 0.0700. The fourth-order valence-corrected chi connectivity index (χ4v) is 4.55. The molecular weight excluding hydrogens is 282 g/mol. The lowest BCUT2D eigenvalue weighted by atomic mass is 9.73. The molecule has 0 radical (unpaired) electrons. The molecule has 4 rings (SSSR count). The minimum absolute atomic E-state index is 0.0700.